The van der Waals surface area contributed by atoms with Gasteiger partial charge < -0.3 is 14.6 Å². The third-order valence-electron chi connectivity index (χ3n) is 6.35. The number of epoxide rings is 1. The molecule has 0 bridgehead atoms. The SMILES string of the molecule is CC(/C=C/C1CC1)=C\[C@@H]1[C@@H](OC(=O)CC(C)C)[C@](C)(O)[C@H]2[C@H]3O[C@H]3CCN12. The summed E-state index contributed by atoms with van der Waals surface area (Å²) in [6.07, 6.45) is 10.3. The molecule has 4 fully saturated rings. The van der Waals surface area contributed by atoms with Gasteiger partial charge in [-0.25, -0.2) is 0 Å². The summed E-state index contributed by atoms with van der Waals surface area (Å²) in [6.45, 7) is 8.77. The second kappa shape index (κ2) is 7.02. The van der Waals surface area contributed by atoms with Crippen LogP contribution in [0.4, 0.5) is 0 Å². The molecule has 3 saturated heterocycles. The third-order valence-corrected chi connectivity index (χ3v) is 6.35. The molecule has 0 unspecified atom stereocenters. The van der Waals surface area contributed by atoms with Crippen LogP contribution >= 0.6 is 0 Å². The molecule has 1 saturated carbocycles. The molecule has 27 heavy (non-hydrogen) atoms. The van der Waals surface area contributed by atoms with E-state index in [0.29, 0.717) is 6.42 Å². The molecule has 0 spiro atoms. The van der Waals surface area contributed by atoms with E-state index in [1.54, 1.807) is 0 Å². The first-order valence-corrected chi connectivity index (χ1v) is 10.5. The number of rotatable bonds is 6. The molecule has 1 N–H and O–H groups in total. The molecule has 6 atom stereocenters. The van der Waals surface area contributed by atoms with Gasteiger partial charge in [0.25, 0.3) is 0 Å². The smallest absolute Gasteiger partial charge is 0.306 e. The Morgan fingerprint density at radius 3 is 2.78 bits per heavy atom. The summed E-state index contributed by atoms with van der Waals surface area (Å²) in [4.78, 5) is 14.7. The summed E-state index contributed by atoms with van der Waals surface area (Å²) in [5, 5.41) is 11.4. The predicted molar refractivity (Wildman–Crippen MR) is 103 cm³/mol. The summed E-state index contributed by atoms with van der Waals surface area (Å²) >= 11 is 0. The van der Waals surface area contributed by atoms with Gasteiger partial charge in [-0.2, -0.15) is 0 Å². The first-order chi connectivity index (χ1) is 12.8. The van der Waals surface area contributed by atoms with Crippen molar-refractivity contribution in [3.05, 3.63) is 23.8 Å². The van der Waals surface area contributed by atoms with Crippen LogP contribution in [0.3, 0.4) is 0 Å². The highest BCUT2D eigenvalue weighted by Crippen LogP contribution is 2.48. The van der Waals surface area contributed by atoms with Gasteiger partial charge in [0.2, 0.25) is 0 Å². The molecule has 0 aromatic carbocycles. The zero-order chi connectivity index (χ0) is 19.3. The lowest BCUT2D eigenvalue weighted by Crippen LogP contribution is -2.53. The summed E-state index contributed by atoms with van der Waals surface area (Å²) in [6, 6.07) is -0.232. The molecular weight excluding hydrogens is 342 g/mol. The molecule has 5 nitrogen and oxygen atoms in total. The van der Waals surface area contributed by atoms with Gasteiger partial charge in [-0.1, -0.05) is 37.6 Å². The summed E-state index contributed by atoms with van der Waals surface area (Å²) in [7, 11) is 0. The molecule has 0 radical (unpaired) electrons. The number of esters is 1. The molecule has 5 heteroatoms. The lowest BCUT2D eigenvalue weighted by molar-refractivity contribution is -0.162. The van der Waals surface area contributed by atoms with Gasteiger partial charge in [0, 0.05) is 13.0 Å². The molecule has 3 aliphatic heterocycles. The minimum Gasteiger partial charge on any atom is -0.457 e. The summed E-state index contributed by atoms with van der Waals surface area (Å²) < 4.78 is 11.7. The van der Waals surface area contributed by atoms with Gasteiger partial charge in [0.05, 0.1) is 18.2 Å². The fraction of sp³-hybridized carbons (Fsp3) is 0.773. The Morgan fingerprint density at radius 2 is 2.11 bits per heavy atom. The number of hydrogen-bond donors (Lipinski definition) is 1. The molecule has 3 heterocycles. The van der Waals surface area contributed by atoms with E-state index in [2.05, 4.69) is 30.1 Å². The van der Waals surface area contributed by atoms with E-state index in [-0.39, 0.29) is 36.2 Å². The van der Waals surface area contributed by atoms with Crippen LogP contribution in [-0.2, 0) is 14.3 Å². The Morgan fingerprint density at radius 1 is 1.37 bits per heavy atom. The predicted octanol–water partition coefficient (Wildman–Crippen LogP) is 2.83. The van der Waals surface area contributed by atoms with Crippen LogP contribution in [0.2, 0.25) is 0 Å². The van der Waals surface area contributed by atoms with Gasteiger partial charge in [-0.15, -0.1) is 0 Å². The number of carbonyl (C=O) groups excluding carboxylic acids is 1. The molecule has 4 aliphatic rings. The highest BCUT2D eigenvalue weighted by atomic mass is 16.6. The lowest BCUT2D eigenvalue weighted by atomic mass is 9.88. The van der Waals surface area contributed by atoms with Crippen molar-refractivity contribution in [1.29, 1.82) is 0 Å². The number of carbonyl (C=O) groups is 1. The molecule has 0 amide bonds. The minimum absolute atomic E-state index is 0.0563. The maximum Gasteiger partial charge on any atom is 0.306 e. The van der Waals surface area contributed by atoms with Crippen LogP contribution in [0.25, 0.3) is 0 Å². The topological polar surface area (TPSA) is 62.3 Å². The number of hydrogen-bond acceptors (Lipinski definition) is 5. The van der Waals surface area contributed by atoms with Crippen molar-refractivity contribution in [3.63, 3.8) is 0 Å². The Hall–Kier alpha value is -1.17. The Bertz CT molecular complexity index is 649. The average molecular weight is 376 g/mol. The molecule has 1 aliphatic carbocycles. The van der Waals surface area contributed by atoms with Crippen molar-refractivity contribution in [2.24, 2.45) is 11.8 Å². The van der Waals surface area contributed by atoms with E-state index in [9.17, 15) is 9.90 Å². The van der Waals surface area contributed by atoms with Crippen molar-refractivity contribution in [2.75, 3.05) is 6.54 Å². The van der Waals surface area contributed by atoms with Crippen LogP contribution in [0.15, 0.2) is 23.8 Å². The minimum atomic E-state index is -1.12. The number of ether oxygens (including phenoxy) is 2. The average Bonchev–Trinajstić information content (AvgIpc) is 3.48. The summed E-state index contributed by atoms with van der Waals surface area (Å²) in [5.74, 6) is 0.732. The van der Waals surface area contributed by atoms with Crippen LogP contribution < -0.4 is 0 Å². The number of aliphatic hydroxyl groups is 1. The molecule has 4 rings (SSSR count). The Balaban J connectivity index is 1.59. The van der Waals surface area contributed by atoms with E-state index >= 15 is 0 Å². The van der Waals surface area contributed by atoms with E-state index in [0.717, 1.165) is 24.5 Å². The fourth-order valence-electron chi connectivity index (χ4n) is 4.76. The Labute approximate surface area is 162 Å². The van der Waals surface area contributed by atoms with Crippen molar-refractivity contribution in [2.45, 2.75) is 89.4 Å². The highest BCUT2D eigenvalue weighted by molar-refractivity contribution is 5.70. The van der Waals surface area contributed by atoms with E-state index in [4.69, 9.17) is 9.47 Å². The monoisotopic (exact) mass is 375 g/mol. The summed E-state index contributed by atoms with van der Waals surface area (Å²) in [5.41, 5.74) is 0.0424. The zero-order valence-electron chi connectivity index (χ0n) is 16.9. The maximum atomic E-state index is 12.4. The van der Waals surface area contributed by atoms with E-state index in [1.807, 2.05) is 20.8 Å². The van der Waals surface area contributed by atoms with Gasteiger partial charge in [0.1, 0.15) is 11.7 Å². The maximum absolute atomic E-state index is 12.4. The van der Waals surface area contributed by atoms with Crippen LogP contribution in [0.5, 0.6) is 0 Å². The lowest BCUT2D eigenvalue weighted by Gasteiger charge is -2.33. The van der Waals surface area contributed by atoms with Crippen molar-refractivity contribution in [3.8, 4) is 0 Å². The van der Waals surface area contributed by atoms with Crippen LogP contribution in [0, 0.1) is 11.8 Å². The largest absolute Gasteiger partial charge is 0.457 e. The number of nitrogens with zero attached hydrogens (tertiary/aromatic N) is 1. The highest BCUT2D eigenvalue weighted by Gasteiger charge is 2.67. The standard InChI is InChI=1S/C22H33NO4/c1-13(2)11-18(24)27-21-16(12-14(3)5-6-15-7-8-15)23-10-9-17-19(26-17)20(23)22(21,4)25/h5-6,12-13,15-17,19-21,25H,7-11H2,1-4H3/b6-5+,14-12+/t16-,17+,19+,20-,21-,22-/m1/s1. The molecule has 0 aromatic rings. The van der Waals surface area contributed by atoms with Crippen molar-refractivity contribution in [1.82, 2.24) is 4.90 Å². The van der Waals surface area contributed by atoms with Gasteiger partial charge in [0.15, 0.2) is 6.10 Å². The van der Waals surface area contributed by atoms with E-state index in [1.165, 1.54) is 12.8 Å². The van der Waals surface area contributed by atoms with Crippen LogP contribution in [-0.4, -0.2) is 58.5 Å². The first-order valence-electron chi connectivity index (χ1n) is 10.5. The normalized spacial score (nSPS) is 41.7. The molecular formula is C22H33NO4. The quantitative estimate of drug-likeness (QED) is 0.439. The number of allylic oxidation sites excluding steroid dienone is 3. The van der Waals surface area contributed by atoms with Crippen molar-refractivity contribution >= 4 is 5.97 Å². The number of fused-ring (bicyclic) bond motifs is 3. The van der Waals surface area contributed by atoms with Gasteiger partial charge >= 0.3 is 5.97 Å². The molecule has 0 aromatic heterocycles. The van der Waals surface area contributed by atoms with Gasteiger partial charge in [-0.05, 0) is 44.9 Å². The van der Waals surface area contributed by atoms with Crippen molar-refractivity contribution < 1.29 is 19.4 Å². The number of piperidine rings is 1. The first kappa shape index (κ1) is 19.2. The fourth-order valence-corrected chi connectivity index (χ4v) is 4.76. The zero-order valence-corrected chi connectivity index (χ0v) is 16.9. The molecule has 150 valence electrons. The van der Waals surface area contributed by atoms with Crippen LogP contribution in [0.1, 0.15) is 53.4 Å². The third kappa shape index (κ3) is 3.87. The Kier molecular flexibility index (Phi) is 4.98. The second-order valence-corrected chi connectivity index (χ2v) is 9.44. The van der Waals surface area contributed by atoms with E-state index < -0.39 is 11.7 Å². The van der Waals surface area contributed by atoms with Gasteiger partial charge in [-0.3, -0.25) is 9.69 Å². The second-order valence-electron chi connectivity index (χ2n) is 9.44.